The van der Waals surface area contributed by atoms with Gasteiger partial charge >= 0.3 is 0 Å². The molecule has 136 valence electrons. The van der Waals surface area contributed by atoms with Crippen molar-refractivity contribution < 1.29 is 4.74 Å². The second-order valence-corrected chi connectivity index (χ2v) is 8.16. The standard InChI is InChI=1S/C19H19Cl2N3OS/c1-25-15-7-12(6-14(21)8-15)10-22-26-24-5-4-16-17-9-13(20)2-3-18(17)23-19(16)11-24/h2-3,6-9,22-23H,4-5,10-11H2,1H3. The topological polar surface area (TPSA) is 40.3 Å². The molecule has 0 radical (unpaired) electrons. The van der Waals surface area contributed by atoms with E-state index < -0.39 is 0 Å². The predicted molar refractivity (Wildman–Crippen MR) is 110 cm³/mol. The monoisotopic (exact) mass is 407 g/mol. The molecule has 4 nitrogen and oxygen atoms in total. The molecule has 4 rings (SSSR count). The van der Waals surface area contributed by atoms with Crippen molar-refractivity contribution in [3.63, 3.8) is 0 Å². The molecule has 3 aromatic rings. The Kier molecular flexibility index (Phi) is 5.34. The third kappa shape index (κ3) is 3.82. The molecule has 1 aliphatic heterocycles. The molecule has 0 unspecified atom stereocenters. The minimum atomic E-state index is 0.686. The zero-order valence-corrected chi connectivity index (χ0v) is 16.6. The van der Waals surface area contributed by atoms with Crippen LogP contribution in [0.2, 0.25) is 10.0 Å². The summed E-state index contributed by atoms with van der Waals surface area (Å²) in [6, 6.07) is 11.8. The van der Waals surface area contributed by atoms with E-state index in [0.717, 1.165) is 41.4 Å². The van der Waals surface area contributed by atoms with Gasteiger partial charge in [0.1, 0.15) is 5.75 Å². The van der Waals surface area contributed by atoms with E-state index in [1.165, 1.54) is 16.6 Å². The predicted octanol–water partition coefficient (Wildman–Crippen LogP) is 5.19. The van der Waals surface area contributed by atoms with Gasteiger partial charge in [0.15, 0.2) is 0 Å². The number of ether oxygens (including phenoxy) is 1. The number of halogens is 2. The van der Waals surface area contributed by atoms with Gasteiger partial charge in [-0.3, -0.25) is 0 Å². The molecule has 7 heteroatoms. The van der Waals surface area contributed by atoms with Crippen molar-refractivity contribution in [3.05, 3.63) is 63.3 Å². The molecule has 0 saturated carbocycles. The fourth-order valence-electron chi connectivity index (χ4n) is 3.31. The SMILES string of the molecule is COc1cc(Cl)cc(CNSN2CCc3c([nH]c4ccc(Cl)cc34)C2)c1. The van der Waals surface area contributed by atoms with Crippen LogP contribution in [-0.4, -0.2) is 22.9 Å². The average molecular weight is 408 g/mol. The summed E-state index contributed by atoms with van der Waals surface area (Å²) in [6.07, 6.45) is 1.01. The molecule has 0 bridgehead atoms. The molecule has 2 aromatic carbocycles. The summed E-state index contributed by atoms with van der Waals surface area (Å²) in [5, 5.41) is 2.72. The number of nitrogens with zero attached hydrogens (tertiary/aromatic N) is 1. The maximum atomic E-state index is 6.15. The molecule has 1 aromatic heterocycles. The first-order chi connectivity index (χ1) is 12.6. The average Bonchev–Trinajstić information content (AvgIpc) is 2.98. The normalized spacial score (nSPS) is 14.6. The van der Waals surface area contributed by atoms with Gasteiger partial charge in [-0.25, -0.2) is 9.03 Å². The molecule has 0 saturated heterocycles. The van der Waals surface area contributed by atoms with Crippen LogP contribution < -0.4 is 9.46 Å². The van der Waals surface area contributed by atoms with Crippen molar-refractivity contribution in [2.24, 2.45) is 0 Å². The molecule has 2 N–H and O–H groups in total. The van der Waals surface area contributed by atoms with Gasteiger partial charge in [-0.1, -0.05) is 23.2 Å². The van der Waals surface area contributed by atoms with E-state index in [-0.39, 0.29) is 0 Å². The molecular formula is C19H19Cl2N3OS. The van der Waals surface area contributed by atoms with E-state index in [9.17, 15) is 0 Å². The summed E-state index contributed by atoms with van der Waals surface area (Å²) in [5.74, 6) is 0.777. The highest BCUT2D eigenvalue weighted by atomic mass is 35.5. The summed E-state index contributed by atoms with van der Waals surface area (Å²) in [4.78, 5) is 3.53. The third-order valence-corrected chi connectivity index (χ3v) is 5.84. The molecule has 0 spiro atoms. The lowest BCUT2D eigenvalue weighted by atomic mass is 10.0. The van der Waals surface area contributed by atoms with Crippen LogP contribution in [0.15, 0.2) is 36.4 Å². The number of methoxy groups -OCH3 is 1. The fraction of sp³-hybridized carbons (Fsp3) is 0.263. The molecule has 0 aliphatic carbocycles. The first kappa shape index (κ1) is 18.0. The third-order valence-electron chi connectivity index (χ3n) is 4.54. The van der Waals surface area contributed by atoms with Crippen molar-refractivity contribution in [3.8, 4) is 5.75 Å². The summed E-state index contributed by atoms with van der Waals surface area (Å²) in [6.45, 7) is 2.58. The largest absolute Gasteiger partial charge is 0.497 e. The minimum absolute atomic E-state index is 0.686. The van der Waals surface area contributed by atoms with E-state index in [0.29, 0.717) is 11.6 Å². The maximum Gasteiger partial charge on any atom is 0.120 e. The minimum Gasteiger partial charge on any atom is -0.497 e. The zero-order chi connectivity index (χ0) is 18.1. The van der Waals surface area contributed by atoms with E-state index >= 15 is 0 Å². The lowest BCUT2D eigenvalue weighted by Gasteiger charge is -2.25. The van der Waals surface area contributed by atoms with E-state index in [2.05, 4.69) is 26.1 Å². The van der Waals surface area contributed by atoms with Gasteiger partial charge in [-0.2, -0.15) is 0 Å². The van der Waals surface area contributed by atoms with Gasteiger partial charge in [-0.15, -0.1) is 0 Å². The first-order valence-corrected chi connectivity index (χ1v) is 9.92. The summed E-state index contributed by atoms with van der Waals surface area (Å²) >= 11 is 13.9. The lowest BCUT2D eigenvalue weighted by Crippen LogP contribution is -2.27. The Morgan fingerprint density at radius 1 is 1.19 bits per heavy atom. The number of fused-ring (bicyclic) bond motifs is 3. The second kappa shape index (κ2) is 7.71. The number of hydrogen-bond donors (Lipinski definition) is 2. The Labute approximate surface area is 167 Å². The van der Waals surface area contributed by atoms with Gasteiger partial charge in [0.2, 0.25) is 0 Å². The molecule has 1 aliphatic rings. The van der Waals surface area contributed by atoms with Gasteiger partial charge in [0.05, 0.1) is 13.7 Å². The number of benzene rings is 2. The molecule has 0 fully saturated rings. The van der Waals surface area contributed by atoms with Crippen molar-refractivity contribution in [2.45, 2.75) is 19.5 Å². The van der Waals surface area contributed by atoms with Crippen LogP contribution in [0.4, 0.5) is 0 Å². The van der Waals surface area contributed by atoms with Crippen LogP contribution in [0.3, 0.4) is 0 Å². The molecule has 0 amide bonds. The summed E-state index contributed by atoms with van der Waals surface area (Å²) < 4.78 is 11.0. The van der Waals surface area contributed by atoms with Crippen LogP contribution in [0.5, 0.6) is 5.75 Å². The smallest absolute Gasteiger partial charge is 0.120 e. The molecular weight excluding hydrogens is 389 g/mol. The number of aromatic nitrogens is 1. The number of rotatable bonds is 5. The van der Waals surface area contributed by atoms with E-state index in [1.54, 1.807) is 19.2 Å². The van der Waals surface area contributed by atoms with Crippen molar-refractivity contribution in [1.82, 2.24) is 14.0 Å². The molecule has 26 heavy (non-hydrogen) atoms. The molecule has 2 heterocycles. The van der Waals surface area contributed by atoms with Crippen molar-refractivity contribution >= 4 is 46.2 Å². The van der Waals surface area contributed by atoms with E-state index in [1.807, 2.05) is 24.3 Å². The van der Waals surface area contributed by atoms with Crippen LogP contribution in [0.1, 0.15) is 16.8 Å². The highest BCUT2D eigenvalue weighted by Crippen LogP contribution is 2.31. The Hall–Kier alpha value is -1.37. The fourth-order valence-corrected chi connectivity index (χ4v) is 4.52. The number of hydrogen-bond acceptors (Lipinski definition) is 4. The molecule has 0 atom stereocenters. The van der Waals surface area contributed by atoms with Crippen molar-refractivity contribution in [1.29, 1.82) is 0 Å². The van der Waals surface area contributed by atoms with Gasteiger partial charge in [0.25, 0.3) is 0 Å². The Morgan fingerprint density at radius 2 is 2.08 bits per heavy atom. The Bertz CT molecular complexity index is 944. The first-order valence-electron chi connectivity index (χ1n) is 8.39. The highest BCUT2D eigenvalue weighted by molar-refractivity contribution is 7.95. The lowest BCUT2D eigenvalue weighted by molar-refractivity contribution is 0.414. The van der Waals surface area contributed by atoms with Crippen LogP contribution in [0.25, 0.3) is 10.9 Å². The van der Waals surface area contributed by atoms with Crippen LogP contribution >= 0.6 is 35.3 Å². The van der Waals surface area contributed by atoms with Crippen molar-refractivity contribution in [2.75, 3.05) is 13.7 Å². The number of aromatic amines is 1. The Balaban J connectivity index is 1.39. The number of nitrogens with one attached hydrogen (secondary N) is 2. The highest BCUT2D eigenvalue weighted by Gasteiger charge is 2.21. The van der Waals surface area contributed by atoms with Gasteiger partial charge < -0.3 is 9.72 Å². The van der Waals surface area contributed by atoms with E-state index in [4.69, 9.17) is 27.9 Å². The quantitative estimate of drug-likeness (QED) is 0.570. The zero-order valence-electron chi connectivity index (χ0n) is 14.3. The van der Waals surface area contributed by atoms with Crippen LogP contribution in [-0.2, 0) is 19.5 Å². The maximum absolute atomic E-state index is 6.15. The summed E-state index contributed by atoms with van der Waals surface area (Å²) in [7, 11) is 1.65. The van der Waals surface area contributed by atoms with Crippen LogP contribution in [0, 0.1) is 0 Å². The second-order valence-electron chi connectivity index (χ2n) is 6.30. The van der Waals surface area contributed by atoms with Gasteiger partial charge in [-0.05, 0) is 53.9 Å². The van der Waals surface area contributed by atoms with Gasteiger partial charge in [0, 0.05) is 51.9 Å². The summed E-state index contributed by atoms with van der Waals surface area (Å²) in [5.41, 5.74) is 4.91. The number of H-pyrrole nitrogens is 1. The Morgan fingerprint density at radius 3 is 2.92 bits per heavy atom.